The average molecular weight is 848 g/mol. The molecule has 0 aliphatic rings. The third-order valence-corrected chi connectivity index (χ3v) is 14.6. The molecule has 0 aromatic heterocycles. The maximum atomic E-state index is 4.14. The van der Waals surface area contributed by atoms with E-state index in [1.165, 1.54) is 300 Å². The summed E-state index contributed by atoms with van der Waals surface area (Å²) in [4.78, 5) is 2.60. The molecule has 3 heteroatoms. The van der Waals surface area contributed by atoms with Crippen molar-refractivity contribution in [3.05, 3.63) is 0 Å². The minimum absolute atomic E-state index is 0.145. The van der Waals surface area contributed by atoms with Gasteiger partial charge < -0.3 is 14.7 Å². The molecule has 0 saturated heterocycles. The van der Waals surface area contributed by atoms with Crippen molar-refractivity contribution in [1.29, 1.82) is 0 Å². The molecule has 60 heavy (non-hydrogen) atoms. The minimum atomic E-state index is 0.145. The second-order valence-electron chi connectivity index (χ2n) is 21.5. The van der Waals surface area contributed by atoms with E-state index in [-0.39, 0.29) is 5.54 Å². The summed E-state index contributed by atoms with van der Waals surface area (Å²) in [5.41, 5.74) is 0.145. The van der Waals surface area contributed by atoms with Crippen molar-refractivity contribution in [3.63, 3.8) is 0 Å². The van der Waals surface area contributed by atoms with Crippen LogP contribution in [0.4, 0.5) is 0 Å². The topological polar surface area (TPSA) is 15.3 Å². The lowest BCUT2D eigenvalue weighted by Crippen LogP contribution is -2.64. The maximum Gasteiger partial charge on any atom is 0.106 e. The predicted molar refractivity (Wildman–Crippen MR) is 276 cm³/mol. The number of nitrogens with zero attached hydrogens (tertiary/aromatic N) is 2. The van der Waals surface area contributed by atoms with Crippen LogP contribution >= 0.6 is 0 Å². The molecule has 0 aliphatic carbocycles. The van der Waals surface area contributed by atoms with Crippen molar-refractivity contribution >= 4 is 0 Å². The lowest BCUT2D eigenvalue weighted by Gasteiger charge is -2.47. The van der Waals surface area contributed by atoms with Gasteiger partial charge in [0.1, 0.15) is 6.04 Å². The predicted octanol–water partition coefficient (Wildman–Crippen LogP) is 18.6. The van der Waals surface area contributed by atoms with E-state index in [0.29, 0.717) is 6.04 Å². The molecule has 0 rings (SSSR count). The summed E-state index contributed by atoms with van der Waals surface area (Å²) < 4.78 is 1.17. The highest BCUT2D eigenvalue weighted by atomic mass is 15.4. The molecule has 0 aromatic carbocycles. The van der Waals surface area contributed by atoms with Gasteiger partial charge >= 0.3 is 0 Å². The molecule has 0 radical (unpaired) electrons. The first-order valence-corrected chi connectivity index (χ1v) is 28.5. The number of rotatable bonds is 51. The zero-order chi connectivity index (χ0) is 44.1. The summed E-state index contributed by atoms with van der Waals surface area (Å²) in [7, 11) is 7.50. The van der Waals surface area contributed by atoms with Gasteiger partial charge in [-0.15, -0.1) is 0 Å². The smallest absolute Gasteiger partial charge is 0.106 e. The molecule has 1 unspecified atom stereocenters. The lowest BCUT2D eigenvalue weighted by atomic mass is 9.86. The fourth-order valence-electron chi connectivity index (χ4n) is 10.4. The second kappa shape index (κ2) is 45.4. The molecule has 0 fully saturated rings. The Morgan fingerprint density at radius 1 is 0.367 bits per heavy atom. The summed E-state index contributed by atoms with van der Waals surface area (Å²) in [5.74, 6) is 0. The number of quaternary nitrogens is 1. The molecular formula is C57H120N3+. The van der Waals surface area contributed by atoms with Crippen molar-refractivity contribution in [2.45, 2.75) is 322 Å². The highest BCUT2D eigenvalue weighted by Crippen LogP contribution is 2.27. The number of nitrogens with one attached hydrogen (secondary N) is 1. The van der Waals surface area contributed by atoms with Gasteiger partial charge in [-0.3, -0.25) is 0 Å². The molecule has 0 amide bonds. The number of hydrogen-bond donors (Lipinski definition) is 1. The Labute approximate surface area is 382 Å². The molecule has 3 nitrogen and oxygen atoms in total. The van der Waals surface area contributed by atoms with Crippen molar-refractivity contribution in [1.82, 2.24) is 10.2 Å². The quantitative estimate of drug-likeness (QED) is 0.0485. The van der Waals surface area contributed by atoms with E-state index in [1.54, 1.807) is 0 Å². The van der Waals surface area contributed by atoms with Gasteiger partial charge in [0.05, 0.1) is 26.2 Å². The summed E-state index contributed by atoms with van der Waals surface area (Å²) in [5, 5.41) is 4.14. The molecule has 0 aromatic rings. The molecule has 0 aliphatic heterocycles. The zero-order valence-electron chi connectivity index (χ0n) is 43.7. The van der Waals surface area contributed by atoms with Crippen LogP contribution in [-0.2, 0) is 0 Å². The van der Waals surface area contributed by atoms with E-state index >= 15 is 0 Å². The molecule has 0 spiro atoms. The maximum absolute atomic E-state index is 4.14. The van der Waals surface area contributed by atoms with Gasteiger partial charge in [-0.25, -0.2) is 0 Å². The van der Waals surface area contributed by atoms with Crippen LogP contribution in [0.1, 0.15) is 311 Å². The summed E-state index contributed by atoms with van der Waals surface area (Å²) >= 11 is 0. The second-order valence-corrected chi connectivity index (χ2v) is 21.5. The fraction of sp³-hybridized carbons (Fsp3) is 1.00. The van der Waals surface area contributed by atoms with Crippen LogP contribution < -0.4 is 5.32 Å². The highest BCUT2D eigenvalue weighted by molar-refractivity contribution is 4.88. The van der Waals surface area contributed by atoms with E-state index < -0.39 is 0 Å². The summed E-state index contributed by atoms with van der Waals surface area (Å²) in [6.07, 6.45) is 62.0. The average Bonchev–Trinajstić information content (AvgIpc) is 3.22. The molecule has 1 atom stereocenters. The minimum Gasteiger partial charge on any atom is -0.325 e. The van der Waals surface area contributed by atoms with Crippen molar-refractivity contribution in [3.8, 4) is 0 Å². The normalized spacial score (nSPS) is 12.9. The van der Waals surface area contributed by atoms with Crippen LogP contribution in [0.25, 0.3) is 0 Å². The van der Waals surface area contributed by atoms with Crippen LogP contribution in [0.15, 0.2) is 0 Å². The fourth-order valence-corrected chi connectivity index (χ4v) is 10.4. The van der Waals surface area contributed by atoms with Gasteiger partial charge in [0.15, 0.2) is 0 Å². The Bertz CT molecular complexity index is 807. The largest absolute Gasteiger partial charge is 0.325 e. The number of likely N-dealkylation sites (N-methyl/N-ethyl adjacent to an activating group) is 2. The zero-order valence-corrected chi connectivity index (χ0v) is 43.7. The highest BCUT2D eigenvalue weighted by Gasteiger charge is 2.40. The van der Waals surface area contributed by atoms with E-state index in [4.69, 9.17) is 0 Å². The Morgan fingerprint density at radius 2 is 0.633 bits per heavy atom. The third-order valence-electron chi connectivity index (χ3n) is 14.6. The van der Waals surface area contributed by atoms with E-state index in [9.17, 15) is 0 Å². The lowest BCUT2D eigenvalue weighted by molar-refractivity contribution is -0.919. The van der Waals surface area contributed by atoms with Crippen LogP contribution in [0.2, 0.25) is 0 Å². The first kappa shape index (κ1) is 59.9. The first-order chi connectivity index (χ1) is 29.2. The molecule has 362 valence electrons. The van der Waals surface area contributed by atoms with E-state index in [1.807, 2.05) is 0 Å². The standard InChI is InChI=1S/C57H120N3/c1-9-12-15-18-21-24-27-30-33-36-39-42-45-48-51-56(60(7,8)55-50-47-44-41-38-35-32-29-26-23-20-17-14-11-3)57(4,5)58-52-54-59(6)53-49-46-43-40-37-34-31-28-25-22-19-16-13-10-2/h56,58H,9-55H2,1-8H3/q+1. The first-order valence-electron chi connectivity index (χ1n) is 28.5. The number of unbranched alkanes of at least 4 members (excludes halogenated alkanes) is 39. The summed E-state index contributed by atoms with van der Waals surface area (Å²) in [6.45, 7) is 16.9. The van der Waals surface area contributed by atoms with Gasteiger partial charge in [0, 0.05) is 19.5 Å². The monoisotopic (exact) mass is 847 g/mol. The Kier molecular flexibility index (Phi) is 45.4. The SMILES string of the molecule is CCCCCCCCCCCCCCCCC(C(C)(C)NCCN(C)CCCCCCCCCCCCCCCC)[N+](C)(C)CCCCCCCCCCCCCCCC. The number of hydrogen-bond acceptors (Lipinski definition) is 2. The van der Waals surface area contributed by atoms with Gasteiger partial charge in [-0.2, -0.15) is 0 Å². The Hall–Kier alpha value is -0.120. The van der Waals surface area contributed by atoms with Crippen LogP contribution in [0.5, 0.6) is 0 Å². The van der Waals surface area contributed by atoms with Crippen molar-refractivity contribution in [2.24, 2.45) is 0 Å². The van der Waals surface area contributed by atoms with Crippen LogP contribution in [0, 0.1) is 0 Å². The van der Waals surface area contributed by atoms with Gasteiger partial charge in [-0.1, -0.05) is 265 Å². The molecular weight excluding hydrogens is 727 g/mol. The Morgan fingerprint density at radius 3 is 0.950 bits per heavy atom. The van der Waals surface area contributed by atoms with Crippen molar-refractivity contribution < 1.29 is 4.48 Å². The molecule has 0 heterocycles. The molecule has 0 saturated carbocycles. The van der Waals surface area contributed by atoms with E-state index in [0.717, 1.165) is 6.54 Å². The van der Waals surface area contributed by atoms with Crippen molar-refractivity contribution in [2.75, 3.05) is 47.3 Å². The van der Waals surface area contributed by atoms with Crippen LogP contribution in [0.3, 0.4) is 0 Å². The van der Waals surface area contributed by atoms with E-state index in [2.05, 4.69) is 66.0 Å². The van der Waals surface area contributed by atoms with Gasteiger partial charge in [0.2, 0.25) is 0 Å². The molecule has 1 N–H and O–H groups in total. The summed E-state index contributed by atoms with van der Waals surface area (Å²) in [6, 6.07) is 0.660. The van der Waals surface area contributed by atoms with Gasteiger partial charge in [-0.05, 0) is 53.1 Å². The third kappa shape index (κ3) is 40.6. The Balaban J connectivity index is 4.54. The van der Waals surface area contributed by atoms with Gasteiger partial charge in [0.25, 0.3) is 0 Å². The molecule has 0 bridgehead atoms. The van der Waals surface area contributed by atoms with Crippen LogP contribution in [-0.4, -0.2) is 68.3 Å².